The van der Waals surface area contributed by atoms with Crippen LogP contribution in [0.3, 0.4) is 0 Å². The first-order valence-electron chi connectivity index (χ1n) is 5.81. The third kappa shape index (κ3) is 2.62. The van der Waals surface area contributed by atoms with E-state index in [1.54, 1.807) is 5.51 Å². The number of thiazole rings is 1. The third-order valence-electron chi connectivity index (χ3n) is 3.09. The Kier molecular flexibility index (Phi) is 3.89. The molecule has 2 rings (SSSR count). The minimum atomic E-state index is -0.912. The van der Waals surface area contributed by atoms with E-state index in [2.05, 4.69) is 9.72 Å². The number of amides is 1. The van der Waals surface area contributed by atoms with Crippen molar-refractivity contribution in [1.82, 2.24) is 9.88 Å². The highest BCUT2D eigenvalue weighted by atomic mass is 32.1. The second-order valence-electron chi connectivity index (χ2n) is 4.27. The maximum absolute atomic E-state index is 11.6. The molecule has 0 saturated carbocycles. The van der Waals surface area contributed by atoms with Gasteiger partial charge < -0.3 is 19.6 Å². The van der Waals surface area contributed by atoms with Crippen molar-refractivity contribution in [1.29, 1.82) is 0 Å². The van der Waals surface area contributed by atoms with Gasteiger partial charge in [0.1, 0.15) is 5.00 Å². The number of aromatic nitrogens is 1. The standard InChI is InChI=1S/C11H15N3O4S/c1-7-5-13(3-4-14(7)11(16)17)9-8(10(15)18-2)12-6-19-9/h6-7H,3-5H2,1-2H3,(H,16,17)/t7-/m1/s1. The highest BCUT2D eigenvalue weighted by molar-refractivity contribution is 7.14. The molecular formula is C11H15N3O4S. The number of esters is 1. The van der Waals surface area contributed by atoms with Crippen molar-refractivity contribution in [2.75, 3.05) is 31.6 Å². The van der Waals surface area contributed by atoms with Crippen LogP contribution in [0.1, 0.15) is 17.4 Å². The van der Waals surface area contributed by atoms with Crippen molar-refractivity contribution in [2.24, 2.45) is 0 Å². The van der Waals surface area contributed by atoms with Gasteiger partial charge in [0.15, 0.2) is 5.69 Å². The van der Waals surface area contributed by atoms with Crippen LogP contribution in [-0.4, -0.2) is 59.8 Å². The maximum Gasteiger partial charge on any atom is 0.407 e. The topological polar surface area (TPSA) is 83.0 Å². The summed E-state index contributed by atoms with van der Waals surface area (Å²) in [5.74, 6) is -0.468. The minimum Gasteiger partial charge on any atom is -0.465 e. The molecule has 1 amide bonds. The Morgan fingerprint density at radius 2 is 2.26 bits per heavy atom. The van der Waals surface area contributed by atoms with E-state index >= 15 is 0 Å². The Bertz CT molecular complexity index is 490. The SMILES string of the molecule is COC(=O)c1ncsc1N1CCN(C(=O)O)[C@H](C)C1. The highest BCUT2D eigenvalue weighted by Crippen LogP contribution is 2.28. The summed E-state index contributed by atoms with van der Waals surface area (Å²) < 4.78 is 4.69. The average Bonchev–Trinajstić information content (AvgIpc) is 2.86. The first kappa shape index (κ1) is 13.6. The van der Waals surface area contributed by atoms with E-state index < -0.39 is 12.1 Å². The predicted octanol–water partition coefficient (Wildman–Crippen LogP) is 1.12. The van der Waals surface area contributed by atoms with Crippen LogP contribution < -0.4 is 4.90 Å². The lowest BCUT2D eigenvalue weighted by Gasteiger charge is -2.38. The van der Waals surface area contributed by atoms with E-state index in [0.717, 1.165) is 5.00 Å². The van der Waals surface area contributed by atoms with Crippen LogP contribution in [0, 0.1) is 0 Å². The molecule has 8 heteroatoms. The van der Waals surface area contributed by atoms with E-state index in [-0.39, 0.29) is 6.04 Å². The molecule has 0 spiro atoms. The Hall–Kier alpha value is -1.83. The van der Waals surface area contributed by atoms with Crippen molar-refractivity contribution in [3.63, 3.8) is 0 Å². The number of methoxy groups -OCH3 is 1. The van der Waals surface area contributed by atoms with Gasteiger partial charge >= 0.3 is 12.1 Å². The molecule has 1 aromatic rings. The molecule has 0 aliphatic carbocycles. The van der Waals surface area contributed by atoms with Crippen LogP contribution >= 0.6 is 11.3 Å². The fraction of sp³-hybridized carbons (Fsp3) is 0.545. The summed E-state index contributed by atoms with van der Waals surface area (Å²) in [5.41, 5.74) is 1.89. The molecule has 7 nitrogen and oxygen atoms in total. The molecule has 1 saturated heterocycles. The van der Waals surface area contributed by atoms with Crippen LogP contribution in [0.15, 0.2) is 5.51 Å². The molecule has 0 radical (unpaired) electrons. The number of hydrogen-bond acceptors (Lipinski definition) is 6. The van der Waals surface area contributed by atoms with Crippen LogP contribution in [0.4, 0.5) is 9.80 Å². The monoisotopic (exact) mass is 285 g/mol. The van der Waals surface area contributed by atoms with Gasteiger partial charge in [-0.3, -0.25) is 0 Å². The number of nitrogens with zero attached hydrogens (tertiary/aromatic N) is 3. The summed E-state index contributed by atoms with van der Waals surface area (Å²) in [6.07, 6.45) is -0.912. The van der Waals surface area contributed by atoms with E-state index in [4.69, 9.17) is 5.11 Å². The number of piperazine rings is 1. The van der Waals surface area contributed by atoms with Crippen molar-refractivity contribution in [3.05, 3.63) is 11.2 Å². The van der Waals surface area contributed by atoms with E-state index in [1.165, 1.54) is 23.3 Å². The number of carbonyl (C=O) groups excluding carboxylic acids is 1. The van der Waals surface area contributed by atoms with E-state index in [1.807, 2.05) is 11.8 Å². The van der Waals surface area contributed by atoms with Gasteiger partial charge in [-0.2, -0.15) is 0 Å². The number of ether oxygens (including phenoxy) is 1. The first-order chi connectivity index (χ1) is 9.04. The number of rotatable bonds is 2. The fourth-order valence-corrected chi connectivity index (χ4v) is 2.95. The Balaban J connectivity index is 2.15. The van der Waals surface area contributed by atoms with Gasteiger partial charge in [-0.25, -0.2) is 14.6 Å². The van der Waals surface area contributed by atoms with Gasteiger partial charge in [-0.15, -0.1) is 11.3 Å². The molecule has 2 heterocycles. The van der Waals surface area contributed by atoms with Crippen LogP contribution in [-0.2, 0) is 4.74 Å². The molecule has 1 fully saturated rings. The number of carbonyl (C=O) groups is 2. The molecule has 1 N–H and O–H groups in total. The summed E-state index contributed by atoms with van der Waals surface area (Å²) in [6.45, 7) is 3.34. The molecule has 19 heavy (non-hydrogen) atoms. The smallest absolute Gasteiger partial charge is 0.407 e. The summed E-state index contributed by atoms with van der Waals surface area (Å²) in [7, 11) is 1.32. The largest absolute Gasteiger partial charge is 0.465 e. The molecule has 104 valence electrons. The number of anilines is 1. The summed E-state index contributed by atoms with van der Waals surface area (Å²) >= 11 is 1.36. The minimum absolute atomic E-state index is 0.126. The van der Waals surface area contributed by atoms with Gasteiger partial charge in [0.25, 0.3) is 0 Å². The molecule has 0 bridgehead atoms. The Morgan fingerprint density at radius 1 is 1.53 bits per heavy atom. The molecule has 0 unspecified atom stereocenters. The lowest BCUT2D eigenvalue weighted by Crippen LogP contribution is -2.53. The zero-order chi connectivity index (χ0) is 14.0. The zero-order valence-electron chi connectivity index (χ0n) is 10.7. The van der Waals surface area contributed by atoms with Gasteiger partial charge in [0.05, 0.1) is 12.6 Å². The van der Waals surface area contributed by atoms with Gasteiger partial charge in [-0.05, 0) is 6.92 Å². The summed E-state index contributed by atoms with van der Waals surface area (Å²) in [4.78, 5) is 30.0. The second-order valence-corrected chi connectivity index (χ2v) is 5.10. The lowest BCUT2D eigenvalue weighted by atomic mass is 10.2. The lowest BCUT2D eigenvalue weighted by molar-refractivity contribution is 0.0594. The van der Waals surface area contributed by atoms with Crippen molar-refractivity contribution in [2.45, 2.75) is 13.0 Å². The molecule has 0 aromatic carbocycles. The van der Waals surface area contributed by atoms with Crippen LogP contribution in [0.2, 0.25) is 0 Å². The Morgan fingerprint density at radius 3 is 2.84 bits per heavy atom. The van der Waals surface area contributed by atoms with E-state index in [9.17, 15) is 9.59 Å². The summed E-state index contributed by atoms with van der Waals surface area (Å²) in [5, 5.41) is 9.77. The highest BCUT2D eigenvalue weighted by Gasteiger charge is 2.30. The second kappa shape index (κ2) is 5.43. The number of hydrogen-bond donors (Lipinski definition) is 1. The van der Waals surface area contributed by atoms with Gasteiger partial charge in [-0.1, -0.05) is 0 Å². The van der Waals surface area contributed by atoms with Gasteiger partial charge in [0, 0.05) is 25.7 Å². The molecule has 1 atom stereocenters. The van der Waals surface area contributed by atoms with E-state index in [0.29, 0.717) is 25.3 Å². The molecule has 1 aliphatic rings. The average molecular weight is 285 g/mol. The molecule has 1 aliphatic heterocycles. The summed E-state index contributed by atoms with van der Waals surface area (Å²) in [6, 6.07) is -0.126. The maximum atomic E-state index is 11.6. The molecule has 1 aromatic heterocycles. The first-order valence-corrected chi connectivity index (χ1v) is 6.69. The fourth-order valence-electron chi connectivity index (χ4n) is 2.13. The molecular weight excluding hydrogens is 270 g/mol. The quantitative estimate of drug-likeness (QED) is 0.820. The van der Waals surface area contributed by atoms with Gasteiger partial charge in [0.2, 0.25) is 0 Å². The van der Waals surface area contributed by atoms with Crippen molar-refractivity contribution < 1.29 is 19.4 Å². The normalized spacial score (nSPS) is 19.4. The number of carboxylic acid groups (broad SMARTS) is 1. The van der Waals surface area contributed by atoms with Crippen molar-refractivity contribution in [3.8, 4) is 0 Å². The third-order valence-corrected chi connectivity index (χ3v) is 3.97. The Labute approximate surface area is 114 Å². The zero-order valence-corrected chi connectivity index (χ0v) is 11.5. The predicted molar refractivity (Wildman–Crippen MR) is 69.9 cm³/mol. The van der Waals surface area contributed by atoms with Crippen LogP contribution in [0.5, 0.6) is 0 Å². The van der Waals surface area contributed by atoms with Crippen LogP contribution in [0.25, 0.3) is 0 Å². The van der Waals surface area contributed by atoms with Crippen molar-refractivity contribution >= 4 is 28.4 Å².